The van der Waals surface area contributed by atoms with Crippen LogP contribution in [0, 0.1) is 15.9 Å². The monoisotopic (exact) mass is 322 g/mol. The molecule has 116 valence electrons. The lowest BCUT2D eigenvalue weighted by Gasteiger charge is -2.10. The molecule has 0 aromatic heterocycles. The molecule has 5 nitrogen and oxygen atoms in total. The maximum Gasteiger partial charge on any atom is 0.295 e. The number of hydrogen-bond donors (Lipinski definition) is 1. The van der Waals surface area contributed by atoms with E-state index in [2.05, 4.69) is 5.32 Å². The SMILES string of the molecule is COc1cc(NCc2ccc(SC)cc2)c([N+](=O)[O-])cc1F. The van der Waals surface area contributed by atoms with Crippen LogP contribution in [0.4, 0.5) is 15.8 Å². The highest BCUT2D eigenvalue weighted by Crippen LogP contribution is 2.32. The number of nitrogens with one attached hydrogen (secondary N) is 1. The third-order valence-corrected chi connectivity index (χ3v) is 3.85. The van der Waals surface area contributed by atoms with Gasteiger partial charge < -0.3 is 10.1 Å². The number of thioether (sulfide) groups is 1. The Bertz CT molecular complexity index is 677. The zero-order valence-corrected chi connectivity index (χ0v) is 12.9. The zero-order valence-electron chi connectivity index (χ0n) is 12.1. The van der Waals surface area contributed by atoms with Gasteiger partial charge in [0, 0.05) is 17.5 Å². The number of benzene rings is 2. The average Bonchev–Trinajstić information content (AvgIpc) is 2.53. The summed E-state index contributed by atoms with van der Waals surface area (Å²) in [6.45, 7) is 0.393. The minimum atomic E-state index is -0.760. The molecule has 2 rings (SSSR count). The maximum atomic E-state index is 13.6. The Labute approximate surface area is 131 Å². The average molecular weight is 322 g/mol. The van der Waals surface area contributed by atoms with Crippen molar-refractivity contribution >= 4 is 23.1 Å². The van der Waals surface area contributed by atoms with Crippen molar-refractivity contribution in [2.24, 2.45) is 0 Å². The van der Waals surface area contributed by atoms with Crippen molar-refractivity contribution < 1.29 is 14.1 Å². The van der Waals surface area contributed by atoms with E-state index in [1.54, 1.807) is 11.8 Å². The van der Waals surface area contributed by atoms with Gasteiger partial charge in [0.05, 0.1) is 18.1 Å². The molecule has 0 bridgehead atoms. The summed E-state index contributed by atoms with van der Waals surface area (Å²) in [4.78, 5) is 11.5. The minimum absolute atomic E-state index is 0.0363. The number of nitrogens with zero attached hydrogens (tertiary/aromatic N) is 1. The first kappa shape index (κ1) is 16.1. The second-order valence-electron chi connectivity index (χ2n) is 4.46. The molecular weight excluding hydrogens is 307 g/mol. The molecule has 0 spiro atoms. The summed E-state index contributed by atoms with van der Waals surface area (Å²) in [7, 11) is 1.31. The molecule has 0 radical (unpaired) electrons. The predicted octanol–water partition coefficient (Wildman–Crippen LogP) is 4.08. The summed E-state index contributed by atoms with van der Waals surface area (Å²) < 4.78 is 18.4. The summed E-state index contributed by atoms with van der Waals surface area (Å²) in [5.74, 6) is -0.796. The third-order valence-electron chi connectivity index (χ3n) is 3.11. The Balaban J connectivity index is 2.21. The van der Waals surface area contributed by atoms with Gasteiger partial charge in [-0.1, -0.05) is 12.1 Å². The van der Waals surface area contributed by atoms with Crippen LogP contribution >= 0.6 is 11.8 Å². The molecule has 2 aromatic rings. The van der Waals surface area contributed by atoms with Crippen LogP contribution in [-0.2, 0) is 6.54 Å². The fraction of sp³-hybridized carbons (Fsp3) is 0.200. The lowest BCUT2D eigenvalue weighted by molar-refractivity contribution is -0.384. The highest BCUT2D eigenvalue weighted by molar-refractivity contribution is 7.98. The number of anilines is 1. The van der Waals surface area contributed by atoms with E-state index in [-0.39, 0.29) is 17.1 Å². The molecule has 0 fully saturated rings. The number of nitro benzene ring substituents is 1. The van der Waals surface area contributed by atoms with Crippen LogP contribution in [0.2, 0.25) is 0 Å². The van der Waals surface area contributed by atoms with Gasteiger partial charge in [0.1, 0.15) is 5.69 Å². The van der Waals surface area contributed by atoms with Crippen molar-refractivity contribution in [3.8, 4) is 5.75 Å². The van der Waals surface area contributed by atoms with Crippen LogP contribution in [0.3, 0.4) is 0 Å². The second kappa shape index (κ2) is 7.13. The predicted molar refractivity (Wildman–Crippen MR) is 85.2 cm³/mol. The first-order chi connectivity index (χ1) is 10.5. The van der Waals surface area contributed by atoms with E-state index in [1.165, 1.54) is 13.2 Å². The molecule has 0 saturated carbocycles. The number of halogens is 1. The summed E-state index contributed by atoms with van der Waals surface area (Å²) in [5.41, 5.74) is 0.867. The molecule has 0 aliphatic carbocycles. The van der Waals surface area contributed by atoms with Gasteiger partial charge >= 0.3 is 0 Å². The third kappa shape index (κ3) is 3.67. The Morgan fingerprint density at radius 2 is 2.00 bits per heavy atom. The van der Waals surface area contributed by atoms with Crippen LogP contribution in [-0.4, -0.2) is 18.3 Å². The van der Waals surface area contributed by atoms with E-state index in [0.29, 0.717) is 6.54 Å². The molecule has 0 aliphatic heterocycles. The van der Waals surface area contributed by atoms with Crippen molar-refractivity contribution in [1.82, 2.24) is 0 Å². The number of methoxy groups -OCH3 is 1. The highest BCUT2D eigenvalue weighted by Gasteiger charge is 2.18. The van der Waals surface area contributed by atoms with Gasteiger partial charge in [0.2, 0.25) is 0 Å². The van der Waals surface area contributed by atoms with Crippen molar-refractivity contribution in [3.05, 3.63) is 57.9 Å². The topological polar surface area (TPSA) is 64.4 Å². The number of rotatable bonds is 6. The summed E-state index contributed by atoms with van der Waals surface area (Å²) >= 11 is 1.64. The van der Waals surface area contributed by atoms with E-state index in [1.807, 2.05) is 30.5 Å². The lowest BCUT2D eigenvalue weighted by Crippen LogP contribution is -2.04. The highest BCUT2D eigenvalue weighted by atomic mass is 32.2. The van der Waals surface area contributed by atoms with E-state index < -0.39 is 10.7 Å². The number of ether oxygens (including phenoxy) is 1. The standard InChI is InChI=1S/C15H15FN2O3S/c1-21-15-8-13(14(18(19)20)7-12(15)16)17-9-10-3-5-11(22-2)6-4-10/h3-8,17H,9H2,1-2H3. The molecule has 7 heteroatoms. The minimum Gasteiger partial charge on any atom is -0.494 e. The van der Waals surface area contributed by atoms with Crippen molar-refractivity contribution in [2.45, 2.75) is 11.4 Å². The zero-order chi connectivity index (χ0) is 16.1. The van der Waals surface area contributed by atoms with Gasteiger partial charge in [-0.15, -0.1) is 11.8 Å². The van der Waals surface area contributed by atoms with Gasteiger partial charge in [-0.2, -0.15) is 0 Å². The molecule has 0 aliphatic rings. The molecule has 22 heavy (non-hydrogen) atoms. The van der Waals surface area contributed by atoms with Crippen LogP contribution in [0.15, 0.2) is 41.3 Å². The van der Waals surface area contributed by atoms with E-state index in [4.69, 9.17) is 4.74 Å². The molecular formula is C15H15FN2O3S. The summed E-state index contributed by atoms with van der Waals surface area (Å²) in [6.07, 6.45) is 1.99. The second-order valence-corrected chi connectivity index (χ2v) is 5.34. The fourth-order valence-corrected chi connectivity index (χ4v) is 2.34. The lowest BCUT2D eigenvalue weighted by atomic mass is 10.2. The van der Waals surface area contributed by atoms with Crippen molar-refractivity contribution in [2.75, 3.05) is 18.7 Å². The van der Waals surface area contributed by atoms with Gasteiger partial charge in [-0.05, 0) is 24.0 Å². The Hall–Kier alpha value is -2.28. The van der Waals surface area contributed by atoms with E-state index >= 15 is 0 Å². The first-order valence-corrected chi connectivity index (χ1v) is 7.66. The van der Waals surface area contributed by atoms with Gasteiger partial charge in [0.15, 0.2) is 11.6 Å². The van der Waals surface area contributed by atoms with Crippen molar-refractivity contribution in [1.29, 1.82) is 0 Å². The van der Waals surface area contributed by atoms with E-state index in [0.717, 1.165) is 16.5 Å². The van der Waals surface area contributed by atoms with Gasteiger partial charge in [-0.3, -0.25) is 10.1 Å². The molecule has 0 atom stereocenters. The molecule has 0 unspecified atom stereocenters. The van der Waals surface area contributed by atoms with Crippen LogP contribution in [0.25, 0.3) is 0 Å². The molecule has 0 amide bonds. The molecule has 2 aromatic carbocycles. The maximum absolute atomic E-state index is 13.6. The molecule has 0 saturated heterocycles. The Morgan fingerprint density at radius 3 is 2.55 bits per heavy atom. The molecule has 0 heterocycles. The van der Waals surface area contributed by atoms with E-state index in [9.17, 15) is 14.5 Å². The molecule has 1 N–H and O–H groups in total. The van der Waals surface area contributed by atoms with Gasteiger partial charge in [-0.25, -0.2) is 4.39 Å². The number of hydrogen-bond acceptors (Lipinski definition) is 5. The van der Waals surface area contributed by atoms with Crippen molar-refractivity contribution in [3.63, 3.8) is 0 Å². The summed E-state index contributed by atoms with van der Waals surface area (Å²) in [6, 6.07) is 9.97. The van der Waals surface area contributed by atoms with Crippen LogP contribution in [0.1, 0.15) is 5.56 Å². The fourth-order valence-electron chi connectivity index (χ4n) is 1.93. The smallest absolute Gasteiger partial charge is 0.295 e. The largest absolute Gasteiger partial charge is 0.494 e. The number of nitro groups is 1. The first-order valence-electron chi connectivity index (χ1n) is 6.44. The van der Waals surface area contributed by atoms with Crippen LogP contribution < -0.4 is 10.1 Å². The van der Waals surface area contributed by atoms with Crippen LogP contribution in [0.5, 0.6) is 5.75 Å². The van der Waals surface area contributed by atoms with Gasteiger partial charge in [0.25, 0.3) is 5.69 Å². The quantitative estimate of drug-likeness (QED) is 0.493. The Morgan fingerprint density at radius 1 is 1.32 bits per heavy atom. The Kier molecular flexibility index (Phi) is 5.21. The summed E-state index contributed by atoms with van der Waals surface area (Å²) in [5, 5.41) is 14.0. The normalized spacial score (nSPS) is 10.3.